The molecule has 0 saturated heterocycles. The molecule has 0 radical (unpaired) electrons. The maximum atomic E-state index is 10.8. The number of nitro groups is 1. The molecule has 0 aliphatic heterocycles. The molecule has 6 nitrogen and oxygen atoms in total. The van der Waals surface area contributed by atoms with Crippen LogP contribution in [0.3, 0.4) is 0 Å². The van der Waals surface area contributed by atoms with Crippen molar-refractivity contribution in [3.63, 3.8) is 0 Å². The Labute approximate surface area is 117 Å². The minimum absolute atomic E-state index is 0.0371. The van der Waals surface area contributed by atoms with Gasteiger partial charge in [0, 0.05) is 37.5 Å². The quantitative estimate of drug-likeness (QED) is 0.649. The zero-order valence-electron chi connectivity index (χ0n) is 11.6. The highest BCUT2D eigenvalue weighted by molar-refractivity contribution is 5.35. The highest BCUT2D eigenvalue weighted by Crippen LogP contribution is 2.19. The van der Waals surface area contributed by atoms with Gasteiger partial charge >= 0.3 is 0 Å². The van der Waals surface area contributed by atoms with Crippen molar-refractivity contribution in [2.24, 2.45) is 0 Å². The molecule has 1 heterocycles. The van der Waals surface area contributed by atoms with E-state index < -0.39 is 0 Å². The summed E-state index contributed by atoms with van der Waals surface area (Å²) in [4.78, 5) is 10.4. The average Bonchev–Trinajstić information content (AvgIpc) is 2.92. The zero-order chi connectivity index (χ0) is 14.5. The van der Waals surface area contributed by atoms with Crippen molar-refractivity contribution in [3.8, 4) is 0 Å². The molecule has 0 amide bonds. The van der Waals surface area contributed by atoms with E-state index in [0.29, 0.717) is 6.54 Å². The molecule has 1 unspecified atom stereocenters. The number of aromatic nitrogens is 2. The van der Waals surface area contributed by atoms with Gasteiger partial charge in [0.05, 0.1) is 10.6 Å². The summed E-state index contributed by atoms with van der Waals surface area (Å²) >= 11 is 0. The Hall–Kier alpha value is -2.21. The number of rotatable bonds is 6. The fourth-order valence-corrected chi connectivity index (χ4v) is 2.08. The fourth-order valence-electron chi connectivity index (χ4n) is 2.08. The lowest BCUT2D eigenvalue weighted by molar-refractivity contribution is -0.384. The molecule has 20 heavy (non-hydrogen) atoms. The summed E-state index contributed by atoms with van der Waals surface area (Å²) in [5.41, 5.74) is 2.13. The first-order chi connectivity index (χ1) is 9.61. The molecule has 6 heteroatoms. The Kier molecular flexibility index (Phi) is 4.47. The van der Waals surface area contributed by atoms with Crippen molar-refractivity contribution in [2.45, 2.75) is 33.0 Å². The number of hydrogen-bond donors (Lipinski definition) is 1. The summed E-state index contributed by atoms with van der Waals surface area (Å²) in [6.45, 7) is 5.54. The SMILES string of the molecule is CCn1nccc1CNC(C)c1cccc([N+](=O)[O-])c1. The number of non-ortho nitro benzene ring substituents is 1. The van der Waals surface area contributed by atoms with Gasteiger partial charge in [-0.3, -0.25) is 14.8 Å². The number of hydrogen-bond acceptors (Lipinski definition) is 4. The van der Waals surface area contributed by atoms with Crippen LogP contribution in [0.5, 0.6) is 0 Å². The van der Waals surface area contributed by atoms with Gasteiger partial charge in [0.25, 0.3) is 5.69 Å². The van der Waals surface area contributed by atoms with Crippen LogP contribution in [0.2, 0.25) is 0 Å². The number of nitro benzene ring substituents is 1. The van der Waals surface area contributed by atoms with E-state index in [4.69, 9.17) is 0 Å². The monoisotopic (exact) mass is 274 g/mol. The third kappa shape index (κ3) is 3.21. The van der Waals surface area contributed by atoms with Crippen molar-refractivity contribution in [3.05, 3.63) is 57.9 Å². The molecule has 106 valence electrons. The Bertz CT molecular complexity index is 594. The van der Waals surface area contributed by atoms with Crippen molar-refractivity contribution in [1.29, 1.82) is 0 Å². The second-order valence-corrected chi connectivity index (χ2v) is 4.59. The first-order valence-corrected chi connectivity index (χ1v) is 6.60. The van der Waals surface area contributed by atoms with Gasteiger partial charge in [0.2, 0.25) is 0 Å². The molecule has 2 rings (SSSR count). The molecule has 1 atom stereocenters. The van der Waals surface area contributed by atoms with Crippen molar-refractivity contribution in [2.75, 3.05) is 0 Å². The van der Waals surface area contributed by atoms with Gasteiger partial charge in [0.15, 0.2) is 0 Å². The number of nitrogens with one attached hydrogen (secondary N) is 1. The Morgan fingerprint density at radius 2 is 2.25 bits per heavy atom. The highest BCUT2D eigenvalue weighted by Gasteiger charge is 2.11. The summed E-state index contributed by atoms with van der Waals surface area (Å²) in [5.74, 6) is 0. The normalized spacial score (nSPS) is 12.3. The predicted octanol–water partition coefficient (Wildman–Crippen LogP) is 2.66. The lowest BCUT2D eigenvalue weighted by Gasteiger charge is -2.14. The Morgan fingerprint density at radius 1 is 1.45 bits per heavy atom. The highest BCUT2D eigenvalue weighted by atomic mass is 16.6. The van der Waals surface area contributed by atoms with Crippen LogP contribution >= 0.6 is 0 Å². The van der Waals surface area contributed by atoms with E-state index in [2.05, 4.69) is 10.4 Å². The topological polar surface area (TPSA) is 73.0 Å². The fraction of sp³-hybridized carbons (Fsp3) is 0.357. The van der Waals surface area contributed by atoms with E-state index >= 15 is 0 Å². The molecule has 1 aromatic heterocycles. The third-order valence-corrected chi connectivity index (χ3v) is 3.27. The molecule has 0 bridgehead atoms. The summed E-state index contributed by atoms with van der Waals surface area (Å²) < 4.78 is 1.92. The van der Waals surface area contributed by atoms with Crippen LogP contribution in [0.4, 0.5) is 5.69 Å². The second-order valence-electron chi connectivity index (χ2n) is 4.59. The van der Waals surface area contributed by atoms with E-state index in [1.807, 2.05) is 30.7 Å². The maximum Gasteiger partial charge on any atom is 0.269 e. The van der Waals surface area contributed by atoms with E-state index in [9.17, 15) is 10.1 Å². The molecular formula is C14H18N4O2. The molecule has 2 aromatic rings. The van der Waals surface area contributed by atoms with Crippen molar-refractivity contribution in [1.82, 2.24) is 15.1 Å². The van der Waals surface area contributed by atoms with Crippen LogP contribution in [0.1, 0.15) is 31.1 Å². The van der Waals surface area contributed by atoms with Crippen LogP contribution in [-0.2, 0) is 13.1 Å². The second kappa shape index (κ2) is 6.29. The lowest BCUT2D eigenvalue weighted by atomic mass is 10.1. The average molecular weight is 274 g/mol. The summed E-state index contributed by atoms with van der Waals surface area (Å²) in [5, 5.41) is 18.3. The van der Waals surface area contributed by atoms with Crippen LogP contribution in [-0.4, -0.2) is 14.7 Å². The molecule has 0 aliphatic carbocycles. The maximum absolute atomic E-state index is 10.8. The largest absolute Gasteiger partial charge is 0.305 e. The number of benzene rings is 1. The summed E-state index contributed by atoms with van der Waals surface area (Å²) in [6.07, 6.45) is 1.78. The number of nitrogens with zero attached hydrogens (tertiary/aromatic N) is 3. The van der Waals surface area contributed by atoms with Crippen molar-refractivity contribution >= 4 is 5.69 Å². The first-order valence-electron chi connectivity index (χ1n) is 6.60. The molecule has 0 saturated carbocycles. The zero-order valence-corrected chi connectivity index (χ0v) is 11.6. The van der Waals surface area contributed by atoms with Gasteiger partial charge < -0.3 is 5.32 Å². The van der Waals surface area contributed by atoms with E-state index in [0.717, 1.165) is 17.8 Å². The number of aryl methyl sites for hydroxylation is 1. The van der Waals surface area contributed by atoms with Gasteiger partial charge in [-0.15, -0.1) is 0 Å². The molecule has 0 spiro atoms. The smallest absolute Gasteiger partial charge is 0.269 e. The van der Waals surface area contributed by atoms with Crippen LogP contribution < -0.4 is 5.32 Å². The summed E-state index contributed by atoms with van der Waals surface area (Å²) in [6, 6.07) is 8.72. The van der Waals surface area contributed by atoms with Crippen LogP contribution in [0.15, 0.2) is 36.5 Å². The predicted molar refractivity (Wildman–Crippen MR) is 76.3 cm³/mol. The van der Waals surface area contributed by atoms with Crippen molar-refractivity contribution < 1.29 is 4.92 Å². The minimum Gasteiger partial charge on any atom is -0.305 e. The van der Waals surface area contributed by atoms with Crippen LogP contribution in [0.25, 0.3) is 0 Å². The van der Waals surface area contributed by atoms with Crippen LogP contribution in [0, 0.1) is 10.1 Å². The molecule has 1 aromatic carbocycles. The van der Waals surface area contributed by atoms with Gasteiger partial charge in [-0.25, -0.2) is 0 Å². The minimum atomic E-state index is -0.373. The van der Waals surface area contributed by atoms with E-state index in [-0.39, 0.29) is 16.7 Å². The van der Waals surface area contributed by atoms with Gasteiger partial charge in [0.1, 0.15) is 0 Å². The van der Waals surface area contributed by atoms with E-state index in [1.54, 1.807) is 18.3 Å². The molecular weight excluding hydrogens is 256 g/mol. The standard InChI is InChI=1S/C14H18N4O2/c1-3-17-14(7-8-16-17)10-15-11(2)12-5-4-6-13(9-12)18(19)20/h4-9,11,15H,3,10H2,1-2H3. The molecule has 1 N–H and O–H groups in total. The third-order valence-electron chi connectivity index (χ3n) is 3.27. The summed E-state index contributed by atoms with van der Waals surface area (Å²) in [7, 11) is 0. The molecule has 0 aliphatic rings. The van der Waals surface area contributed by atoms with Gasteiger partial charge in [-0.05, 0) is 25.5 Å². The Morgan fingerprint density at radius 3 is 2.95 bits per heavy atom. The van der Waals surface area contributed by atoms with Gasteiger partial charge in [-0.1, -0.05) is 12.1 Å². The van der Waals surface area contributed by atoms with E-state index in [1.165, 1.54) is 6.07 Å². The first kappa shape index (κ1) is 14.2. The molecule has 0 fully saturated rings. The lowest BCUT2D eigenvalue weighted by Crippen LogP contribution is -2.20. The van der Waals surface area contributed by atoms with Gasteiger partial charge in [-0.2, -0.15) is 5.10 Å². The Balaban J connectivity index is 2.03.